The fourth-order valence-electron chi connectivity index (χ4n) is 2.09. The van der Waals surface area contributed by atoms with Crippen LogP contribution >= 0.6 is 12.4 Å². The van der Waals surface area contributed by atoms with Crippen molar-refractivity contribution in [3.05, 3.63) is 23.9 Å². The lowest BCUT2D eigenvalue weighted by molar-refractivity contribution is -0.148. The number of carbonyl (C=O) groups excluding carboxylic acids is 1. The fourth-order valence-corrected chi connectivity index (χ4v) is 2.09. The van der Waals surface area contributed by atoms with Crippen molar-refractivity contribution < 1.29 is 32.2 Å². The van der Waals surface area contributed by atoms with E-state index in [1.54, 1.807) is 0 Å². The molecule has 0 radical (unpaired) electrons. The number of nitrogens with one attached hydrogen (secondary N) is 2. The molecule has 25 heavy (non-hydrogen) atoms. The van der Waals surface area contributed by atoms with E-state index in [0.717, 1.165) is 12.3 Å². The number of rotatable bonds is 7. The Bertz CT molecular complexity index is 563. The number of hydrogen-bond acceptors (Lipinski definition) is 5. The van der Waals surface area contributed by atoms with Crippen LogP contribution in [0.5, 0.6) is 5.88 Å². The van der Waals surface area contributed by atoms with E-state index in [1.165, 1.54) is 6.07 Å². The van der Waals surface area contributed by atoms with Gasteiger partial charge in [0.2, 0.25) is 5.88 Å². The maximum absolute atomic E-state index is 12.7. The lowest BCUT2D eigenvalue weighted by atomic mass is 10.1. The van der Waals surface area contributed by atoms with Crippen LogP contribution in [0.4, 0.5) is 17.6 Å². The number of alkyl halides is 4. The molecule has 0 saturated carbocycles. The lowest BCUT2D eigenvalue weighted by Crippen LogP contribution is -2.34. The van der Waals surface area contributed by atoms with Crippen LogP contribution in [0.15, 0.2) is 18.3 Å². The molecule has 11 heteroatoms. The minimum atomic E-state index is -4.27. The molecular weight excluding hydrogens is 370 g/mol. The number of aliphatic hydroxyl groups excluding tert-OH is 1. The number of hydrogen-bond donors (Lipinski definition) is 3. The molecule has 1 aromatic heterocycles. The van der Waals surface area contributed by atoms with Crippen molar-refractivity contribution in [1.29, 1.82) is 0 Å². The van der Waals surface area contributed by atoms with E-state index >= 15 is 0 Å². The number of pyridine rings is 1. The monoisotopic (exact) mass is 387 g/mol. The second-order valence-corrected chi connectivity index (χ2v) is 5.43. The molecular formula is C14H18ClF4N3O3. The largest absolute Gasteiger partial charge is 0.471 e. The summed E-state index contributed by atoms with van der Waals surface area (Å²) in [5.41, 5.74) is 0.156. The summed E-state index contributed by atoms with van der Waals surface area (Å²) in [6, 6.07) is 2.42. The van der Waals surface area contributed by atoms with Crippen molar-refractivity contribution >= 4 is 18.3 Å². The van der Waals surface area contributed by atoms with Gasteiger partial charge in [0, 0.05) is 37.8 Å². The molecule has 2 unspecified atom stereocenters. The minimum absolute atomic E-state index is 0. The van der Waals surface area contributed by atoms with Crippen LogP contribution in [0.3, 0.4) is 0 Å². The topological polar surface area (TPSA) is 83.5 Å². The number of carbonyl (C=O) groups is 1. The molecule has 1 aliphatic heterocycles. The summed E-state index contributed by atoms with van der Waals surface area (Å²) < 4.78 is 54.0. The van der Waals surface area contributed by atoms with Crippen LogP contribution in [0.2, 0.25) is 0 Å². The van der Waals surface area contributed by atoms with Gasteiger partial charge >= 0.3 is 12.3 Å². The third-order valence-electron chi connectivity index (χ3n) is 3.56. The van der Waals surface area contributed by atoms with Gasteiger partial charge in [-0.05, 0) is 6.07 Å². The molecule has 1 saturated heterocycles. The molecule has 0 aromatic carbocycles. The summed E-state index contributed by atoms with van der Waals surface area (Å²) >= 11 is 0. The molecule has 1 aliphatic rings. The molecule has 0 spiro atoms. The Morgan fingerprint density at radius 2 is 2.16 bits per heavy atom. The number of aromatic nitrogens is 1. The first-order valence-corrected chi connectivity index (χ1v) is 7.21. The SMILES string of the molecule is Cl.O=C(NCC1CNCC1O)c1ccc(OCC(F)(F)C(F)F)nc1. The average molecular weight is 388 g/mol. The lowest BCUT2D eigenvalue weighted by Gasteiger charge is -2.15. The normalized spacial score (nSPS) is 20.2. The zero-order valence-corrected chi connectivity index (χ0v) is 13.7. The number of β-amino-alcohol motifs (C(OH)–C–C–N with tert-alkyl or cyclic N) is 1. The zero-order valence-electron chi connectivity index (χ0n) is 12.9. The summed E-state index contributed by atoms with van der Waals surface area (Å²) in [6.45, 7) is -0.177. The predicted octanol–water partition coefficient (Wildman–Crippen LogP) is 1.09. The Kier molecular flexibility index (Phi) is 7.84. The quantitative estimate of drug-likeness (QED) is 0.610. The van der Waals surface area contributed by atoms with Gasteiger partial charge in [-0.25, -0.2) is 13.8 Å². The van der Waals surface area contributed by atoms with Gasteiger partial charge in [0.15, 0.2) is 6.61 Å². The van der Waals surface area contributed by atoms with Gasteiger partial charge in [0.25, 0.3) is 5.91 Å². The smallest absolute Gasteiger partial charge is 0.340 e. The fraction of sp³-hybridized carbons (Fsp3) is 0.571. The zero-order chi connectivity index (χ0) is 17.7. The first-order chi connectivity index (χ1) is 11.3. The van der Waals surface area contributed by atoms with Crippen LogP contribution in [0, 0.1) is 5.92 Å². The van der Waals surface area contributed by atoms with Gasteiger partial charge in [-0.3, -0.25) is 4.79 Å². The van der Waals surface area contributed by atoms with E-state index in [1.807, 2.05) is 0 Å². The summed E-state index contributed by atoms with van der Waals surface area (Å²) in [5.74, 6) is -5.11. The van der Waals surface area contributed by atoms with Gasteiger partial charge in [-0.15, -0.1) is 12.4 Å². The highest BCUT2D eigenvalue weighted by atomic mass is 35.5. The van der Waals surface area contributed by atoms with E-state index in [-0.39, 0.29) is 36.3 Å². The molecule has 0 aliphatic carbocycles. The van der Waals surface area contributed by atoms with Crippen LogP contribution in [-0.2, 0) is 0 Å². The van der Waals surface area contributed by atoms with Gasteiger partial charge in [0.1, 0.15) is 0 Å². The van der Waals surface area contributed by atoms with E-state index in [0.29, 0.717) is 13.1 Å². The molecule has 0 bridgehead atoms. The number of nitrogens with zero attached hydrogens (tertiary/aromatic N) is 1. The standard InChI is InChI=1S/C14H17F4N3O3.ClH/c15-13(16)14(17,18)7-24-11-2-1-8(4-20-11)12(23)21-5-9-3-19-6-10(9)22;/h1-2,4,9-10,13,19,22H,3,5-7H2,(H,21,23);1H. The molecule has 1 amide bonds. The Morgan fingerprint density at radius 3 is 2.68 bits per heavy atom. The molecule has 1 fully saturated rings. The number of amides is 1. The number of halogens is 5. The van der Waals surface area contributed by atoms with Crippen LogP contribution in [0.1, 0.15) is 10.4 Å². The summed E-state index contributed by atoms with van der Waals surface area (Å²) in [7, 11) is 0. The van der Waals surface area contributed by atoms with E-state index < -0.39 is 31.0 Å². The maximum Gasteiger partial charge on any atom is 0.340 e. The Labute approximate surface area is 147 Å². The molecule has 2 heterocycles. The molecule has 1 aromatic rings. The predicted molar refractivity (Wildman–Crippen MR) is 82.6 cm³/mol. The van der Waals surface area contributed by atoms with Gasteiger partial charge < -0.3 is 20.5 Å². The maximum atomic E-state index is 12.7. The van der Waals surface area contributed by atoms with E-state index in [4.69, 9.17) is 0 Å². The van der Waals surface area contributed by atoms with Crippen molar-refractivity contribution in [3.8, 4) is 5.88 Å². The second kappa shape index (κ2) is 9.16. The molecule has 2 atom stereocenters. The highest BCUT2D eigenvalue weighted by Crippen LogP contribution is 2.23. The molecule has 6 nitrogen and oxygen atoms in total. The van der Waals surface area contributed by atoms with Crippen LogP contribution < -0.4 is 15.4 Å². The third kappa shape index (κ3) is 5.98. The van der Waals surface area contributed by atoms with Crippen molar-refractivity contribution in [3.63, 3.8) is 0 Å². The third-order valence-corrected chi connectivity index (χ3v) is 3.56. The van der Waals surface area contributed by atoms with Crippen molar-refractivity contribution in [2.75, 3.05) is 26.2 Å². The Hall–Kier alpha value is -1.65. The summed E-state index contributed by atoms with van der Waals surface area (Å²) in [5, 5.41) is 15.2. The summed E-state index contributed by atoms with van der Waals surface area (Å²) in [4.78, 5) is 15.5. The Morgan fingerprint density at radius 1 is 1.44 bits per heavy atom. The number of aliphatic hydroxyl groups is 1. The molecule has 2 rings (SSSR count). The van der Waals surface area contributed by atoms with Crippen LogP contribution in [-0.4, -0.2) is 60.7 Å². The first kappa shape index (κ1) is 21.4. The molecule has 142 valence electrons. The highest BCUT2D eigenvalue weighted by molar-refractivity contribution is 5.93. The second-order valence-electron chi connectivity index (χ2n) is 5.43. The Balaban J connectivity index is 0.00000312. The van der Waals surface area contributed by atoms with Crippen molar-refractivity contribution in [2.24, 2.45) is 5.92 Å². The van der Waals surface area contributed by atoms with E-state index in [9.17, 15) is 27.5 Å². The molecule has 3 N–H and O–H groups in total. The number of ether oxygens (including phenoxy) is 1. The van der Waals surface area contributed by atoms with E-state index in [2.05, 4.69) is 20.4 Å². The first-order valence-electron chi connectivity index (χ1n) is 7.21. The average Bonchev–Trinajstić information content (AvgIpc) is 2.96. The highest BCUT2D eigenvalue weighted by Gasteiger charge is 2.41. The van der Waals surface area contributed by atoms with Crippen molar-refractivity contribution in [2.45, 2.75) is 18.5 Å². The van der Waals surface area contributed by atoms with Gasteiger partial charge in [-0.1, -0.05) is 0 Å². The minimum Gasteiger partial charge on any atom is -0.471 e. The van der Waals surface area contributed by atoms with Crippen LogP contribution in [0.25, 0.3) is 0 Å². The van der Waals surface area contributed by atoms with Gasteiger partial charge in [-0.2, -0.15) is 8.78 Å². The van der Waals surface area contributed by atoms with Gasteiger partial charge in [0.05, 0.1) is 11.7 Å². The van der Waals surface area contributed by atoms with Crippen molar-refractivity contribution in [1.82, 2.24) is 15.6 Å². The summed E-state index contributed by atoms with van der Waals surface area (Å²) in [6.07, 6.45) is -3.27.